The lowest BCUT2D eigenvalue weighted by Crippen LogP contribution is -2.63. The van der Waals surface area contributed by atoms with Crippen LogP contribution in [0.15, 0.2) is 29.9 Å². The summed E-state index contributed by atoms with van der Waals surface area (Å²) in [6.07, 6.45) is -0.117. The van der Waals surface area contributed by atoms with Crippen LogP contribution in [0.4, 0.5) is 17.6 Å². The van der Waals surface area contributed by atoms with Gasteiger partial charge in [-0.25, -0.2) is 4.39 Å². The standard InChI is InChI=1S/C22H24F4N4O3S/c23-15-6-13(5-14(7-15)22(24,25)26)20(32)28-9-19(31)29-16-10-30(11-16)17-1-3-21(33,4-2-17)18-8-27-12-34-18/h5-8,12,16-17,33H,1-4,9-11H2,(H,28,32)(H,29,31). The van der Waals surface area contributed by atoms with Gasteiger partial charge >= 0.3 is 6.18 Å². The highest BCUT2D eigenvalue weighted by Gasteiger charge is 2.41. The highest BCUT2D eigenvalue weighted by atomic mass is 32.1. The summed E-state index contributed by atoms with van der Waals surface area (Å²) in [5.74, 6) is -2.63. The van der Waals surface area contributed by atoms with E-state index in [1.165, 1.54) is 11.3 Å². The monoisotopic (exact) mass is 500 g/mol. The van der Waals surface area contributed by atoms with Crippen LogP contribution in [0, 0.1) is 5.82 Å². The summed E-state index contributed by atoms with van der Waals surface area (Å²) in [5, 5.41) is 15.8. The summed E-state index contributed by atoms with van der Waals surface area (Å²) in [6.45, 7) is 0.850. The average Bonchev–Trinajstić information content (AvgIpc) is 3.30. The van der Waals surface area contributed by atoms with Gasteiger partial charge < -0.3 is 15.7 Å². The lowest BCUT2D eigenvalue weighted by atomic mass is 9.80. The first kappa shape index (κ1) is 24.6. The second kappa shape index (κ2) is 9.59. The van der Waals surface area contributed by atoms with Gasteiger partial charge in [-0.15, -0.1) is 11.3 Å². The lowest BCUT2D eigenvalue weighted by Gasteiger charge is -2.48. The van der Waals surface area contributed by atoms with Gasteiger partial charge in [0.05, 0.1) is 28.5 Å². The topological polar surface area (TPSA) is 94.6 Å². The maximum atomic E-state index is 13.5. The van der Waals surface area contributed by atoms with Crippen molar-refractivity contribution in [3.8, 4) is 0 Å². The smallest absolute Gasteiger partial charge is 0.384 e. The van der Waals surface area contributed by atoms with Crippen LogP contribution in [0.3, 0.4) is 0 Å². The second-order valence-corrected chi connectivity index (χ2v) is 9.64. The maximum Gasteiger partial charge on any atom is 0.416 e. The molecule has 2 amide bonds. The number of aliphatic hydroxyl groups is 1. The van der Waals surface area contributed by atoms with Crippen LogP contribution in [-0.2, 0) is 16.6 Å². The van der Waals surface area contributed by atoms with E-state index in [9.17, 15) is 32.3 Å². The predicted molar refractivity (Wildman–Crippen MR) is 116 cm³/mol. The van der Waals surface area contributed by atoms with Crippen LogP contribution in [0.1, 0.15) is 46.5 Å². The van der Waals surface area contributed by atoms with Crippen LogP contribution in [0.5, 0.6) is 0 Å². The molecule has 2 heterocycles. The molecule has 2 fully saturated rings. The average molecular weight is 501 g/mol. The van der Waals surface area contributed by atoms with Crippen molar-refractivity contribution < 1.29 is 32.3 Å². The fourth-order valence-electron chi connectivity index (χ4n) is 4.47. The van der Waals surface area contributed by atoms with E-state index < -0.39 is 47.1 Å². The van der Waals surface area contributed by atoms with Gasteiger partial charge in [0.2, 0.25) is 5.91 Å². The molecule has 2 aromatic rings. The van der Waals surface area contributed by atoms with Crippen LogP contribution < -0.4 is 10.6 Å². The summed E-state index contributed by atoms with van der Waals surface area (Å²) in [5.41, 5.74) is -0.894. The van der Waals surface area contributed by atoms with Crippen LogP contribution >= 0.6 is 11.3 Å². The minimum absolute atomic E-state index is 0.0993. The normalized spacial score (nSPS) is 23.9. The zero-order valence-corrected chi connectivity index (χ0v) is 18.9. The number of carbonyl (C=O) groups is 2. The summed E-state index contributed by atoms with van der Waals surface area (Å²) in [7, 11) is 0. The molecule has 0 unspecified atom stereocenters. The molecule has 3 N–H and O–H groups in total. The zero-order valence-electron chi connectivity index (χ0n) is 18.1. The van der Waals surface area contributed by atoms with Crippen molar-refractivity contribution in [2.45, 2.75) is 49.5 Å². The van der Waals surface area contributed by atoms with Gasteiger partial charge in [-0.3, -0.25) is 19.5 Å². The number of thiazole rings is 1. The predicted octanol–water partition coefficient (Wildman–Crippen LogP) is 2.66. The van der Waals surface area contributed by atoms with Crippen molar-refractivity contribution in [2.75, 3.05) is 19.6 Å². The summed E-state index contributed by atoms with van der Waals surface area (Å²) < 4.78 is 51.9. The highest BCUT2D eigenvalue weighted by Crippen LogP contribution is 2.40. The molecule has 1 aromatic carbocycles. The molecule has 1 saturated carbocycles. The minimum atomic E-state index is -4.79. The third-order valence-electron chi connectivity index (χ3n) is 6.36. The molecule has 0 atom stereocenters. The number of benzene rings is 1. The highest BCUT2D eigenvalue weighted by molar-refractivity contribution is 7.09. The Morgan fingerprint density at radius 3 is 2.53 bits per heavy atom. The largest absolute Gasteiger partial charge is 0.416 e. The van der Waals surface area contributed by atoms with E-state index in [1.54, 1.807) is 11.7 Å². The Kier molecular flexibility index (Phi) is 6.92. The molecule has 12 heteroatoms. The number of rotatable bonds is 6. The van der Waals surface area contributed by atoms with E-state index in [2.05, 4.69) is 20.5 Å². The molecule has 4 rings (SSSR count). The number of nitrogens with zero attached hydrogens (tertiary/aromatic N) is 2. The molecular formula is C22H24F4N4O3S. The van der Waals surface area contributed by atoms with Gasteiger partial charge in [0.15, 0.2) is 0 Å². The van der Waals surface area contributed by atoms with Gasteiger partial charge in [0.25, 0.3) is 5.91 Å². The number of alkyl halides is 3. The van der Waals surface area contributed by atoms with E-state index in [4.69, 9.17) is 0 Å². The van der Waals surface area contributed by atoms with Crippen molar-refractivity contribution >= 4 is 23.2 Å². The third kappa shape index (κ3) is 5.56. The lowest BCUT2D eigenvalue weighted by molar-refractivity contribution is -0.137. The first-order chi connectivity index (χ1) is 16.0. The molecule has 7 nitrogen and oxygen atoms in total. The molecule has 0 spiro atoms. The Hall–Kier alpha value is -2.57. The Labute approximate surface area is 197 Å². The SMILES string of the molecule is O=C(CNC(=O)c1cc(F)cc(C(F)(F)F)c1)NC1CN(C2CCC(O)(c3cncs3)CC2)C1. The molecule has 0 bridgehead atoms. The van der Waals surface area contributed by atoms with Crippen molar-refractivity contribution in [2.24, 2.45) is 0 Å². The number of nitrogens with one attached hydrogen (secondary N) is 2. The van der Waals surface area contributed by atoms with E-state index in [0.29, 0.717) is 50.2 Å². The molecular weight excluding hydrogens is 476 g/mol. The molecule has 1 aliphatic carbocycles. The Morgan fingerprint density at radius 1 is 1.21 bits per heavy atom. The molecule has 0 radical (unpaired) electrons. The molecule has 2 aliphatic rings. The van der Waals surface area contributed by atoms with Crippen molar-refractivity contribution in [3.63, 3.8) is 0 Å². The Morgan fingerprint density at radius 2 is 1.91 bits per heavy atom. The van der Waals surface area contributed by atoms with E-state index >= 15 is 0 Å². The third-order valence-corrected chi connectivity index (χ3v) is 7.33. The summed E-state index contributed by atoms with van der Waals surface area (Å²) in [6, 6.07) is 1.75. The van der Waals surface area contributed by atoms with Gasteiger partial charge in [-0.05, 0) is 43.9 Å². The molecule has 34 heavy (non-hydrogen) atoms. The van der Waals surface area contributed by atoms with E-state index in [0.717, 1.165) is 17.7 Å². The number of halogens is 4. The number of likely N-dealkylation sites (tertiary alicyclic amines) is 1. The fourth-order valence-corrected chi connectivity index (χ4v) is 5.25. The van der Waals surface area contributed by atoms with Crippen LogP contribution in [0.2, 0.25) is 0 Å². The molecule has 1 aromatic heterocycles. The van der Waals surface area contributed by atoms with E-state index in [1.807, 2.05) is 0 Å². The number of carbonyl (C=O) groups excluding carboxylic acids is 2. The number of hydrogen-bond acceptors (Lipinski definition) is 6. The number of hydrogen-bond donors (Lipinski definition) is 3. The fraction of sp³-hybridized carbons (Fsp3) is 0.500. The maximum absolute atomic E-state index is 13.5. The Bertz CT molecular complexity index is 1030. The quantitative estimate of drug-likeness (QED) is 0.531. The van der Waals surface area contributed by atoms with Gasteiger partial charge in [-0.1, -0.05) is 0 Å². The Balaban J connectivity index is 1.19. The second-order valence-electron chi connectivity index (χ2n) is 8.76. The minimum Gasteiger partial charge on any atom is -0.384 e. The van der Waals surface area contributed by atoms with Crippen molar-refractivity contribution in [1.82, 2.24) is 20.5 Å². The first-order valence-corrected chi connectivity index (χ1v) is 11.7. The summed E-state index contributed by atoms with van der Waals surface area (Å²) in [4.78, 5) is 31.4. The first-order valence-electron chi connectivity index (χ1n) is 10.8. The van der Waals surface area contributed by atoms with E-state index in [-0.39, 0.29) is 6.04 Å². The number of amides is 2. The van der Waals surface area contributed by atoms with Crippen LogP contribution in [-0.4, -0.2) is 58.5 Å². The molecule has 184 valence electrons. The van der Waals surface area contributed by atoms with Crippen molar-refractivity contribution in [1.29, 1.82) is 0 Å². The zero-order chi connectivity index (χ0) is 24.5. The van der Waals surface area contributed by atoms with Crippen molar-refractivity contribution in [3.05, 3.63) is 51.7 Å². The van der Waals surface area contributed by atoms with Gasteiger partial charge in [-0.2, -0.15) is 13.2 Å². The molecule has 1 saturated heterocycles. The van der Waals surface area contributed by atoms with Crippen LogP contribution in [0.25, 0.3) is 0 Å². The van der Waals surface area contributed by atoms with Gasteiger partial charge in [0.1, 0.15) is 11.4 Å². The molecule has 1 aliphatic heterocycles. The summed E-state index contributed by atoms with van der Waals surface area (Å²) >= 11 is 1.45. The number of aromatic nitrogens is 1. The van der Waals surface area contributed by atoms with Gasteiger partial charge in [0, 0.05) is 30.9 Å².